The molecule has 8 nitrogen and oxygen atoms in total. The average Bonchev–Trinajstić information content (AvgIpc) is 3.07. The number of aryl methyl sites for hydroxylation is 1. The van der Waals surface area contributed by atoms with Crippen molar-refractivity contribution in [1.82, 2.24) is 20.1 Å². The SMILES string of the molecule is CCn1c(CNC(=O)c2cccc(S(=O)(=O)Nc3ccc(C)cc3)c2)n[nH]c1=S. The van der Waals surface area contributed by atoms with E-state index < -0.39 is 15.9 Å². The quantitative estimate of drug-likeness (QED) is 0.498. The molecule has 0 aliphatic rings. The van der Waals surface area contributed by atoms with Gasteiger partial charge >= 0.3 is 0 Å². The van der Waals surface area contributed by atoms with Crippen LogP contribution in [0.3, 0.4) is 0 Å². The van der Waals surface area contributed by atoms with Gasteiger partial charge in [0.2, 0.25) is 0 Å². The number of aromatic nitrogens is 3. The van der Waals surface area contributed by atoms with Crippen LogP contribution >= 0.6 is 12.2 Å². The minimum Gasteiger partial charge on any atom is -0.345 e. The zero-order valence-electron chi connectivity index (χ0n) is 16.0. The molecule has 3 rings (SSSR count). The summed E-state index contributed by atoms with van der Waals surface area (Å²) >= 11 is 5.12. The van der Waals surface area contributed by atoms with Gasteiger partial charge in [0.15, 0.2) is 10.6 Å². The molecule has 0 bridgehead atoms. The van der Waals surface area contributed by atoms with Crippen LogP contribution in [0.15, 0.2) is 53.4 Å². The normalized spacial score (nSPS) is 11.2. The Hall–Kier alpha value is -2.98. The second kappa shape index (κ2) is 8.58. The van der Waals surface area contributed by atoms with Crippen LogP contribution in [-0.2, 0) is 23.1 Å². The number of sulfonamides is 1. The fourth-order valence-corrected chi connectivity index (χ4v) is 4.10. The number of benzene rings is 2. The fourth-order valence-electron chi connectivity index (χ4n) is 2.71. The fraction of sp³-hybridized carbons (Fsp3) is 0.211. The summed E-state index contributed by atoms with van der Waals surface area (Å²) in [5.41, 5.74) is 1.71. The molecule has 3 aromatic rings. The third-order valence-electron chi connectivity index (χ3n) is 4.27. The zero-order valence-corrected chi connectivity index (χ0v) is 17.6. The van der Waals surface area contributed by atoms with E-state index in [2.05, 4.69) is 20.2 Å². The minimum atomic E-state index is -3.82. The molecule has 1 heterocycles. The Morgan fingerprint density at radius 1 is 1.21 bits per heavy atom. The van der Waals surface area contributed by atoms with Gasteiger partial charge in [-0.3, -0.25) is 14.6 Å². The molecule has 0 aliphatic carbocycles. The second-order valence-corrected chi connectivity index (χ2v) is 8.44. The first kappa shape index (κ1) is 20.7. The molecule has 1 aromatic heterocycles. The van der Waals surface area contributed by atoms with E-state index in [4.69, 9.17) is 12.2 Å². The monoisotopic (exact) mass is 431 g/mol. The summed E-state index contributed by atoms with van der Waals surface area (Å²) in [6.45, 7) is 4.63. The van der Waals surface area contributed by atoms with Gasteiger partial charge in [-0.1, -0.05) is 23.8 Å². The molecule has 2 aromatic carbocycles. The van der Waals surface area contributed by atoms with Crippen molar-refractivity contribution in [3.8, 4) is 0 Å². The van der Waals surface area contributed by atoms with Gasteiger partial charge in [0, 0.05) is 17.8 Å². The lowest BCUT2D eigenvalue weighted by Crippen LogP contribution is -2.25. The molecule has 3 N–H and O–H groups in total. The number of aromatic amines is 1. The van der Waals surface area contributed by atoms with Crippen LogP contribution in [0.5, 0.6) is 0 Å². The number of amides is 1. The summed E-state index contributed by atoms with van der Waals surface area (Å²) in [6.07, 6.45) is 0. The summed E-state index contributed by atoms with van der Waals surface area (Å²) in [7, 11) is -3.82. The topological polar surface area (TPSA) is 109 Å². The maximum absolute atomic E-state index is 12.7. The van der Waals surface area contributed by atoms with E-state index >= 15 is 0 Å². The van der Waals surface area contributed by atoms with Gasteiger partial charge in [0.05, 0.1) is 11.4 Å². The lowest BCUT2D eigenvalue weighted by molar-refractivity contribution is 0.0949. The molecule has 10 heteroatoms. The molecule has 0 unspecified atom stereocenters. The maximum Gasteiger partial charge on any atom is 0.261 e. The van der Waals surface area contributed by atoms with Gasteiger partial charge in [-0.2, -0.15) is 5.10 Å². The largest absolute Gasteiger partial charge is 0.345 e. The molecular weight excluding hydrogens is 410 g/mol. The van der Waals surface area contributed by atoms with Crippen molar-refractivity contribution in [3.63, 3.8) is 0 Å². The Labute approximate surface area is 174 Å². The Morgan fingerprint density at radius 3 is 2.62 bits per heavy atom. The first-order valence-electron chi connectivity index (χ1n) is 8.92. The third kappa shape index (κ3) is 4.90. The van der Waals surface area contributed by atoms with Crippen LogP contribution in [0.2, 0.25) is 0 Å². The molecule has 0 saturated carbocycles. The number of rotatable bonds is 7. The van der Waals surface area contributed by atoms with Gasteiger partial charge in [0.25, 0.3) is 15.9 Å². The standard InChI is InChI=1S/C19H21N5O3S2/c1-3-24-17(21-22-19(24)28)12-20-18(25)14-5-4-6-16(11-14)29(26,27)23-15-9-7-13(2)8-10-15/h4-11,23H,3,12H2,1-2H3,(H,20,25)(H,22,28). The summed E-state index contributed by atoms with van der Waals surface area (Å²) in [6, 6.07) is 12.9. The summed E-state index contributed by atoms with van der Waals surface area (Å²) in [4.78, 5) is 12.5. The van der Waals surface area contributed by atoms with E-state index in [1.54, 1.807) is 22.8 Å². The predicted octanol–water partition coefficient (Wildman–Crippen LogP) is 3.00. The number of hydrogen-bond donors (Lipinski definition) is 3. The molecule has 0 atom stereocenters. The number of nitrogens with one attached hydrogen (secondary N) is 3. The van der Waals surface area contributed by atoms with Crippen molar-refractivity contribution in [3.05, 3.63) is 70.3 Å². The van der Waals surface area contributed by atoms with E-state index in [0.29, 0.717) is 22.8 Å². The molecule has 0 fully saturated rings. The number of nitrogens with zero attached hydrogens (tertiary/aromatic N) is 2. The van der Waals surface area contributed by atoms with Crippen LogP contribution in [0.1, 0.15) is 28.7 Å². The van der Waals surface area contributed by atoms with E-state index in [-0.39, 0.29) is 17.0 Å². The van der Waals surface area contributed by atoms with Crippen molar-refractivity contribution in [2.45, 2.75) is 31.8 Å². The molecule has 1 amide bonds. The molecule has 0 radical (unpaired) electrons. The predicted molar refractivity (Wildman–Crippen MR) is 113 cm³/mol. The molecule has 0 spiro atoms. The first-order valence-corrected chi connectivity index (χ1v) is 10.8. The molecule has 152 valence electrons. The van der Waals surface area contributed by atoms with Crippen molar-refractivity contribution in [2.75, 3.05) is 4.72 Å². The molecule has 29 heavy (non-hydrogen) atoms. The average molecular weight is 432 g/mol. The minimum absolute atomic E-state index is 0.00182. The number of carbonyl (C=O) groups excluding carboxylic acids is 1. The number of carbonyl (C=O) groups is 1. The van der Waals surface area contributed by atoms with E-state index in [1.165, 1.54) is 18.2 Å². The van der Waals surface area contributed by atoms with E-state index in [9.17, 15) is 13.2 Å². The summed E-state index contributed by atoms with van der Waals surface area (Å²) in [5.74, 6) is 0.185. The lowest BCUT2D eigenvalue weighted by Gasteiger charge is -2.10. The summed E-state index contributed by atoms with van der Waals surface area (Å²) in [5, 5.41) is 9.51. The Morgan fingerprint density at radius 2 is 1.93 bits per heavy atom. The van der Waals surface area contributed by atoms with Crippen LogP contribution in [0, 0.1) is 11.7 Å². The smallest absolute Gasteiger partial charge is 0.261 e. The summed E-state index contributed by atoms with van der Waals surface area (Å²) < 4.78 is 30.1. The maximum atomic E-state index is 12.7. The highest BCUT2D eigenvalue weighted by Crippen LogP contribution is 2.18. The third-order valence-corrected chi connectivity index (χ3v) is 5.96. The van der Waals surface area contributed by atoms with Gasteiger partial charge in [-0.05, 0) is 56.4 Å². The van der Waals surface area contributed by atoms with E-state index in [1.807, 2.05) is 26.0 Å². The highest BCUT2D eigenvalue weighted by molar-refractivity contribution is 7.92. The van der Waals surface area contributed by atoms with Gasteiger partial charge < -0.3 is 9.88 Å². The van der Waals surface area contributed by atoms with Crippen LogP contribution in [0.25, 0.3) is 0 Å². The molecule has 0 saturated heterocycles. The van der Waals surface area contributed by atoms with Crippen LogP contribution in [0.4, 0.5) is 5.69 Å². The second-order valence-electron chi connectivity index (χ2n) is 6.37. The zero-order chi connectivity index (χ0) is 21.0. The highest BCUT2D eigenvalue weighted by atomic mass is 32.2. The van der Waals surface area contributed by atoms with Crippen molar-refractivity contribution in [1.29, 1.82) is 0 Å². The van der Waals surface area contributed by atoms with Crippen LogP contribution < -0.4 is 10.0 Å². The molecule has 0 aliphatic heterocycles. The van der Waals surface area contributed by atoms with Gasteiger partial charge in [-0.15, -0.1) is 0 Å². The number of anilines is 1. The number of hydrogen-bond acceptors (Lipinski definition) is 5. The van der Waals surface area contributed by atoms with Gasteiger partial charge in [0.1, 0.15) is 0 Å². The lowest BCUT2D eigenvalue weighted by atomic mass is 10.2. The van der Waals surface area contributed by atoms with Gasteiger partial charge in [-0.25, -0.2) is 8.42 Å². The van der Waals surface area contributed by atoms with Crippen LogP contribution in [-0.4, -0.2) is 29.1 Å². The van der Waals surface area contributed by atoms with Crippen molar-refractivity contribution < 1.29 is 13.2 Å². The Kier molecular flexibility index (Phi) is 6.14. The van der Waals surface area contributed by atoms with Crippen molar-refractivity contribution in [2.24, 2.45) is 0 Å². The molecular formula is C19H21N5O3S2. The number of H-pyrrole nitrogens is 1. The van der Waals surface area contributed by atoms with Crippen molar-refractivity contribution >= 4 is 33.8 Å². The highest BCUT2D eigenvalue weighted by Gasteiger charge is 2.17. The Balaban J connectivity index is 1.74. The first-order chi connectivity index (χ1) is 13.8. The Bertz CT molecular complexity index is 1180. The van der Waals surface area contributed by atoms with E-state index in [0.717, 1.165) is 5.56 Å².